The number of hydrogen-bond acceptors (Lipinski definition) is 5. The first-order chi connectivity index (χ1) is 13.2. The molecule has 0 spiro atoms. The van der Waals surface area contributed by atoms with Gasteiger partial charge in [0, 0.05) is 36.7 Å². The van der Waals surface area contributed by atoms with Gasteiger partial charge in [-0.1, -0.05) is 0 Å². The minimum atomic E-state index is -0.000462. The van der Waals surface area contributed by atoms with Crippen LogP contribution in [0.2, 0.25) is 0 Å². The van der Waals surface area contributed by atoms with Gasteiger partial charge in [0.25, 0.3) is 0 Å². The summed E-state index contributed by atoms with van der Waals surface area (Å²) < 4.78 is 16.6. The third kappa shape index (κ3) is 3.86. The molecule has 1 aromatic heterocycles. The average molecular weight is 371 g/mol. The number of carbonyl (C=O) groups is 1. The van der Waals surface area contributed by atoms with E-state index in [9.17, 15) is 4.79 Å². The molecule has 7 heteroatoms. The maximum Gasteiger partial charge on any atom is 0.220 e. The topological polar surface area (TPSA) is 85.5 Å². The summed E-state index contributed by atoms with van der Waals surface area (Å²) in [7, 11) is 1.61. The van der Waals surface area contributed by atoms with E-state index in [2.05, 4.69) is 15.5 Å². The number of fused-ring (bicyclic) bond motifs is 2. The second kappa shape index (κ2) is 7.90. The lowest BCUT2D eigenvalue weighted by molar-refractivity contribution is -0.121. The van der Waals surface area contributed by atoms with E-state index in [-0.39, 0.29) is 5.91 Å². The van der Waals surface area contributed by atoms with E-state index in [4.69, 9.17) is 14.2 Å². The van der Waals surface area contributed by atoms with Crippen molar-refractivity contribution in [2.24, 2.45) is 0 Å². The fraction of sp³-hybridized carbons (Fsp3) is 0.500. The Balaban J connectivity index is 1.35. The molecule has 2 heterocycles. The molecule has 2 aliphatic rings. The predicted octanol–water partition coefficient (Wildman–Crippen LogP) is 2.32. The van der Waals surface area contributed by atoms with Crippen molar-refractivity contribution in [1.29, 1.82) is 0 Å². The van der Waals surface area contributed by atoms with Crippen molar-refractivity contribution in [2.75, 3.05) is 20.3 Å². The number of nitrogens with one attached hydrogen (secondary N) is 2. The SMILES string of the molecule is COc1cc2c(cc1CNC(=O)CCc1n[nH]c3c1CCCC3)OCCO2. The van der Waals surface area contributed by atoms with Crippen molar-refractivity contribution in [2.45, 2.75) is 45.1 Å². The summed E-state index contributed by atoms with van der Waals surface area (Å²) in [6.45, 7) is 1.44. The Hall–Kier alpha value is -2.70. The highest BCUT2D eigenvalue weighted by Gasteiger charge is 2.19. The molecular formula is C20H25N3O4. The van der Waals surface area contributed by atoms with Gasteiger partial charge in [-0.2, -0.15) is 5.10 Å². The summed E-state index contributed by atoms with van der Waals surface area (Å²) in [4.78, 5) is 12.3. The molecule has 0 unspecified atom stereocenters. The van der Waals surface area contributed by atoms with Crippen LogP contribution in [-0.2, 0) is 30.6 Å². The number of benzene rings is 1. The lowest BCUT2D eigenvalue weighted by Gasteiger charge is -2.20. The van der Waals surface area contributed by atoms with Gasteiger partial charge >= 0.3 is 0 Å². The van der Waals surface area contributed by atoms with Crippen LogP contribution in [0.15, 0.2) is 12.1 Å². The second-order valence-corrected chi connectivity index (χ2v) is 6.92. The Morgan fingerprint density at radius 1 is 1.22 bits per heavy atom. The lowest BCUT2D eigenvalue weighted by Crippen LogP contribution is -2.24. The van der Waals surface area contributed by atoms with Crippen LogP contribution in [0.5, 0.6) is 17.2 Å². The number of aromatic nitrogens is 2. The number of carbonyl (C=O) groups excluding carboxylic acids is 1. The third-order valence-electron chi connectivity index (χ3n) is 5.15. The smallest absolute Gasteiger partial charge is 0.220 e. The van der Waals surface area contributed by atoms with E-state index in [1.807, 2.05) is 12.1 Å². The molecular weight excluding hydrogens is 346 g/mol. The van der Waals surface area contributed by atoms with Crippen molar-refractivity contribution in [1.82, 2.24) is 15.5 Å². The molecule has 0 bridgehead atoms. The van der Waals surface area contributed by atoms with Crippen molar-refractivity contribution >= 4 is 5.91 Å². The molecule has 144 valence electrons. The third-order valence-corrected chi connectivity index (χ3v) is 5.15. The minimum Gasteiger partial charge on any atom is -0.496 e. The largest absolute Gasteiger partial charge is 0.496 e. The van der Waals surface area contributed by atoms with Crippen molar-refractivity contribution in [3.63, 3.8) is 0 Å². The van der Waals surface area contributed by atoms with Gasteiger partial charge in [0.15, 0.2) is 11.5 Å². The van der Waals surface area contributed by atoms with Gasteiger partial charge in [0.1, 0.15) is 19.0 Å². The number of methoxy groups -OCH3 is 1. The average Bonchev–Trinajstić information content (AvgIpc) is 3.13. The Kier molecular flexibility index (Phi) is 5.18. The first-order valence-corrected chi connectivity index (χ1v) is 9.53. The van der Waals surface area contributed by atoms with Gasteiger partial charge < -0.3 is 19.5 Å². The van der Waals surface area contributed by atoms with Crippen molar-refractivity contribution < 1.29 is 19.0 Å². The first-order valence-electron chi connectivity index (χ1n) is 9.53. The number of aromatic amines is 1. The summed E-state index contributed by atoms with van der Waals surface area (Å²) in [5, 5.41) is 10.5. The highest BCUT2D eigenvalue weighted by atomic mass is 16.6. The van der Waals surface area contributed by atoms with Gasteiger partial charge in [-0.05, 0) is 37.3 Å². The van der Waals surface area contributed by atoms with Gasteiger partial charge in [0.2, 0.25) is 5.91 Å². The van der Waals surface area contributed by atoms with E-state index in [1.54, 1.807) is 7.11 Å². The number of aryl methyl sites for hydroxylation is 2. The van der Waals surface area contributed by atoms with E-state index in [1.165, 1.54) is 24.1 Å². The highest BCUT2D eigenvalue weighted by molar-refractivity contribution is 5.76. The fourth-order valence-corrected chi connectivity index (χ4v) is 3.71. The lowest BCUT2D eigenvalue weighted by atomic mass is 9.94. The summed E-state index contributed by atoms with van der Waals surface area (Å²) >= 11 is 0. The first kappa shape index (κ1) is 17.7. The normalized spacial score (nSPS) is 15.1. The molecule has 0 radical (unpaired) electrons. The van der Waals surface area contributed by atoms with Crippen LogP contribution in [-0.4, -0.2) is 36.4 Å². The molecule has 1 aliphatic carbocycles. The Morgan fingerprint density at radius 2 is 2.00 bits per heavy atom. The Morgan fingerprint density at radius 3 is 2.81 bits per heavy atom. The molecule has 1 aliphatic heterocycles. The standard InChI is InChI=1S/C20H25N3O4/c1-25-17-11-19-18(26-8-9-27-19)10-13(17)12-21-20(24)7-6-16-14-4-2-3-5-15(14)22-23-16/h10-11H,2-9,12H2,1H3,(H,21,24)(H,22,23). The minimum absolute atomic E-state index is 0.000462. The number of nitrogens with zero attached hydrogens (tertiary/aromatic N) is 1. The van der Waals surface area contributed by atoms with Crippen molar-refractivity contribution in [3.8, 4) is 17.2 Å². The van der Waals surface area contributed by atoms with Crippen LogP contribution < -0.4 is 19.5 Å². The summed E-state index contributed by atoms with van der Waals surface area (Å²) in [5.41, 5.74) is 4.48. The second-order valence-electron chi connectivity index (χ2n) is 6.92. The molecule has 2 aromatic rings. The van der Waals surface area contributed by atoms with E-state index in [0.29, 0.717) is 49.8 Å². The van der Waals surface area contributed by atoms with Crippen LogP contribution in [0, 0.1) is 0 Å². The molecule has 27 heavy (non-hydrogen) atoms. The van der Waals surface area contributed by atoms with Crippen LogP contribution in [0.3, 0.4) is 0 Å². The molecule has 1 aromatic carbocycles. The summed E-state index contributed by atoms with van der Waals surface area (Å²) in [6, 6.07) is 3.68. The molecule has 0 saturated carbocycles. The van der Waals surface area contributed by atoms with Gasteiger partial charge in [-0.25, -0.2) is 0 Å². The number of amides is 1. The van der Waals surface area contributed by atoms with Crippen LogP contribution in [0.25, 0.3) is 0 Å². The fourth-order valence-electron chi connectivity index (χ4n) is 3.71. The van der Waals surface area contributed by atoms with Gasteiger partial charge in [0.05, 0.1) is 12.8 Å². The van der Waals surface area contributed by atoms with Gasteiger partial charge in [-0.15, -0.1) is 0 Å². The molecule has 7 nitrogen and oxygen atoms in total. The number of hydrogen-bond donors (Lipinski definition) is 2. The molecule has 1 amide bonds. The van der Waals surface area contributed by atoms with E-state index >= 15 is 0 Å². The summed E-state index contributed by atoms with van der Waals surface area (Å²) in [6.07, 6.45) is 5.64. The summed E-state index contributed by atoms with van der Waals surface area (Å²) in [5.74, 6) is 2.05. The van der Waals surface area contributed by atoms with Crippen LogP contribution >= 0.6 is 0 Å². The number of H-pyrrole nitrogens is 1. The molecule has 0 atom stereocenters. The van der Waals surface area contributed by atoms with Crippen molar-refractivity contribution in [3.05, 3.63) is 34.6 Å². The Labute approximate surface area is 158 Å². The zero-order valence-corrected chi connectivity index (χ0v) is 15.6. The monoisotopic (exact) mass is 371 g/mol. The Bertz CT molecular complexity index is 831. The molecule has 0 saturated heterocycles. The zero-order valence-electron chi connectivity index (χ0n) is 15.6. The van der Waals surface area contributed by atoms with E-state index in [0.717, 1.165) is 24.1 Å². The molecule has 2 N–H and O–H groups in total. The van der Waals surface area contributed by atoms with Gasteiger partial charge in [-0.3, -0.25) is 9.89 Å². The van der Waals surface area contributed by atoms with Crippen LogP contribution in [0.4, 0.5) is 0 Å². The quantitative estimate of drug-likeness (QED) is 0.814. The number of ether oxygens (including phenoxy) is 3. The molecule has 0 fully saturated rings. The highest BCUT2D eigenvalue weighted by Crippen LogP contribution is 2.36. The number of rotatable bonds is 6. The maximum atomic E-state index is 12.3. The predicted molar refractivity (Wildman–Crippen MR) is 99.4 cm³/mol. The van der Waals surface area contributed by atoms with E-state index < -0.39 is 0 Å². The van der Waals surface area contributed by atoms with Crippen LogP contribution in [0.1, 0.15) is 41.8 Å². The zero-order chi connectivity index (χ0) is 18.6. The maximum absolute atomic E-state index is 12.3. The molecule has 4 rings (SSSR count).